The van der Waals surface area contributed by atoms with E-state index in [1.165, 1.54) is 18.3 Å². The predicted octanol–water partition coefficient (Wildman–Crippen LogP) is 2.00. The summed E-state index contributed by atoms with van der Waals surface area (Å²) < 4.78 is 13.0. The number of benzene rings is 1. The molecule has 3 rings (SSSR count). The van der Waals surface area contributed by atoms with E-state index >= 15 is 0 Å². The number of aromatic amines is 1. The van der Waals surface area contributed by atoms with Gasteiger partial charge in [-0.2, -0.15) is 5.10 Å². The van der Waals surface area contributed by atoms with Crippen molar-refractivity contribution in [1.29, 1.82) is 0 Å². The lowest BCUT2D eigenvalue weighted by Gasteiger charge is -2.16. The smallest absolute Gasteiger partial charge is 0.255 e. The second-order valence-electron chi connectivity index (χ2n) is 5.89. The molecular formula is C17H19FN4O2. The third-order valence-corrected chi connectivity index (χ3v) is 4.10. The van der Waals surface area contributed by atoms with E-state index in [9.17, 15) is 14.0 Å². The zero-order valence-electron chi connectivity index (χ0n) is 13.1. The molecule has 0 aliphatic carbocycles. The van der Waals surface area contributed by atoms with Gasteiger partial charge in [0.05, 0.1) is 17.5 Å². The summed E-state index contributed by atoms with van der Waals surface area (Å²) in [7, 11) is 0. The van der Waals surface area contributed by atoms with Crippen molar-refractivity contribution in [2.75, 3.05) is 6.54 Å². The van der Waals surface area contributed by atoms with E-state index in [0.29, 0.717) is 29.8 Å². The van der Waals surface area contributed by atoms with E-state index in [2.05, 4.69) is 20.8 Å². The van der Waals surface area contributed by atoms with Crippen molar-refractivity contribution in [1.82, 2.24) is 20.8 Å². The first kappa shape index (κ1) is 16.2. The van der Waals surface area contributed by atoms with Crippen LogP contribution in [0.15, 0.2) is 30.5 Å². The van der Waals surface area contributed by atoms with Gasteiger partial charge in [0.15, 0.2) is 0 Å². The van der Waals surface area contributed by atoms with E-state index in [1.807, 2.05) is 0 Å². The molecule has 1 aliphatic rings. The molecule has 0 spiro atoms. The molecule has 1 aromatic carbocycles. The van der Waals surface area contributed by atoms with Crippen LogP contribution in [0.4, 0.5) is 4.39 Å². The second-order valence-corrected chi connectivity index (χ2v) is 5.89. The van der Waals surface area contributed by atoms with Gasteiger partial charge in [0.25, 0.3) is 5.91 Å². The molecule has 24 heavy (non-hydrogen) atoms. The number of H-pyrrole nitrogens is 1. The minimum atomic E-state index is -0.339. The molecule has 1 saturated heterocycles. The summed E-state index contributed by atoms with van der Waals surface area (Å²) in [6, 6.07) is 5.79. The fraction of sp³-hybridized carbons (Fsp3) is 0.353. The van der Waals surface area contributed by atoms with Crippen molar-refractivity contribution in [2.45, 2.75) is 31.7 Å². The summed E-state index contributed by atoms with van der Waals surface area (Å²) in [5, 5.41) is 12.4. The summed E-state index contributed by atoms with van der Waals surface area (Å²) in [6.07, 6.45) is 4.68. The fourth-order valence-electron chi connectivity index (χ4n) is 2.81. The van der Waals surface area contributed by atoms with Gasteiger partial charge in [0.2, 0.25) is 5.91 Å². The van der Waals surface area contributed by atoms with Crippen molar-refractivity contribution >= 4 is 11.8 Å². The zero-order valence-corrected chi connectivity index (χ0v) is 13.1. The highest BCUT2D eigenvalue weighted by Crippen LogP contribution is 2.21. The Hall–Kier alpha value is -2.70. The molecule has 2 aromatic rings. The summed E-state index contributed by atoms with van der Waals surface area (Å²) in [6.45, 7) is 0.374. The first-order chi connectivity index (χ1) is 11.6. The average Bonchev–Trinajstić information content (AvgIpc) is 2.97. The first-order valence-corrected chi connectivity index (χ1v) is 8.00. The average molecular weight is 330 g/mol. The predicted molar refractivity (Wildman–Crippen MR) is 86.7 cm³/mol. The molecule has 3 N–H and O–H groups in total. The molecule has 1 atom stereocenters. The minimum Gasteiger partial charge on any atom is -0.352 e. The second kappa shape index (κ2) is 7.25. The van der Waals surface area contributed by atoms with Crippen molar-refractivity contribution in [3.63, 3.8) is 0 Å². The Morgan fingerprint density at radius 2 is 2.08 bits per heavy atom. The molecule has 1 unspecified atom stereocenters. The third-order valence-electron chi connectivity index (χ3n) is 4.10. The van der Waals surface area contributed by atoms with Crippen LogP contribution >= 0.6 is 0 Å². The van der Waals surface area contributed by atoms with Crippen LogP contribution < -0.4 is 10.6 Å². The maximum absolute atomic E-state index is 13.0. The van der Waals surface area contributed by atoms with Gasteiger partial charge in [-0.25, -0.2) is 4.39 Å². The van der Waals surface area contributed by atoms with Crippen molar-refractivity contribution in [3.8, 4) is 11.3 Å². The van der Waals surface area contributed by atoms with Gasteiger partial charge in [0.1, 0.15) is 5.82 Å². The quantitative estimate of drug-likeness (QED) is 0.801. The maximum atomic E-state index is 13.0. The monoisotopic (exact) mass is 330 g/mol. The number of nitrogens with one attached hydrogen (secondary N) is 3. The van der Waals surface area contributed by atoms with Crippen LogP contribution in [0.1, 0.15) is 36.0 Å². The number of carbonyl (C=O) groups is 2. The van der Waals surface area contributed by atoms with Crippen LogP contribution in [0.5, 0.6) is 0 Å². The lowest BCUT2D eigenvalue weighted by Crippen LogP contribution is -2.42. The van der Waals surface area contributed by atoms with Crippen LogP contribution in [-0.2, 0) is 4.79 Å². The number of rotatable bonds is 4. The Balaban J connectivity index is 1.66. The largest absolute Gasteiger partial charge is 0.352 e. The number of aromatic nitrogens is 2. The lowest BCUT2D eigenvalue weighted by molar-refractivity contribution is -0.121. The minimum absolute atomic E-state index is 0.0297. The molecule has 0 saturated carbocycles. The normalized spacial score (nSPS) is 17.9. The third kappa shape index (κ3) is 3.79. The summed E-state index contributed by atoms with van der Waals surface area (Å²) in [5.74, 6) is -0.586. The van der Waals surface area contributed by atoms with Gasteiger partial charge in [0, 0.05) is 24.6 Å². The number of halogens is 1. The molecule has 2 amide bonds. The van der Waals surface area contributed by atoms with Crippen LogP contribution in [0.25, 0.3) is 11.3 Å². The Morgan fingerprint density at radius 1 is 1.29 bits per heavy atom. The number of amides is 2. The molecule has 1 aliphatic heterocycles. The molecule has 6 nitrogen and oxygen atoms in total. The molecular weight excluding hydrogens is 311 g/mol. The number of nitrogens with zero attached hydrogens (tertiary/aromatic N) is 1. The fourth-order valence-corrected chi connectivity index (χ4v) is 2.81. The van der Waals surface area contributed by atoms with Gasteiger partial charge < -0.3 is 10.6 Å². The summed E-state index contributed by atoms with van der Waals surface area (Å²) in [4.78, 5) is 24.0. The molecule has 1 aromatic heterocycles. The van der Waals surface area contributed by atoms with Crippen LogP contribution in [0.2, 0.25) is 0 Å². The number of hydrogen-bond donors (Lipinski definition) is 3. The molecule has 7 heteroatoms. The topological polar surface area (TPSA) is 86.9 Å². The van der Waals surface area contributed by atoms with Crippen molar-refractivity contribution < 1.29 is 14.0 Å². The van der Waals surface area contributed by atoms with Gasteiger partial charge in [-0.15, -0.1) is 0 Å². The van der Waals surface area contributed by atoms with E-state index in [-0.39, 0.29) is 23.7 Å². The highest BCUT2D eigenvalue weighted by Gasteiger charge is 2.19. The Bertz CT molecular complexity index is 726. The van der Waals surface area contributed by atoms with Crippen LogP contribution in [-0.4, -0.2) is 34.6 Å². The molecule has 126 valence electrons. The highest BCUT2D eigenvalue weighted by atomic mass is 19.1. The van der Waals surface area contributed by atoms with Gasteiger partial charge in [-0.1, -0.05) is 6.42 Å². The first-order valence-electron chi connectivity index (χ1n) is 8.00. The zero-order chi connectivity index (χ0) is 16.9. The van der Waals surface area contributed by atoms with Gasteiger partial charge in [-0.05, 0) is 37.1 Å². The van der Waals surface area contributed by atoms with E-state index in [0.717, 1.165) is 19.3 Å². The van der Waals surface area contributed by atoms with E-state index in [1.54, 1.807) is 12.1 Å². The standard InChI is InChI=1S/C17H19FN4O2/c18-12-7-5-11(6-8-12)16-14(10-20-22-16)17(24)19-9-13-3-1-2-4-15(23)21-13/h5-8,10,13H,1-4,9H2,(H,19,24)(H,20,22)(H,21,23). The summed E-state index contributed by atoms with van der Waals surface area (Å²) in [5.41, 5.74) is 1.61. The maximum Gasteiger partial charge on any atom is 0.255 e. The van der Waals surface area contributed by atoms with E-state index < -0.39 is 0 Å². The molecule has 0 bridgehead atoms. The van der Waals surface area contributed by atoms with Gasteiger partial charge >= 0.3 is 0 Å². The molecule has 2 heterocycles. The van der Waals surface area contributed by atoms with Gasteiger partial charge in [-0.3, -0.25) is 14.7 Å². The Kier molecular flexibility index (Phi) is 4.88. The molecule has 0 radical (unpaired) electrons. The Labute approximate surface area is 138 Å². The summed E-state index contributed by atoms with van der Waals surface area (Å²) >= 11 is 0. The molecule has 1 fully saturated rings. The van der Waals surface area contributed by atoms with Crippen LogP contribution in [0.3, 0.4) is 0 Å². The van der Waals surface area contributed by atoms with Crippen LogP contribution in [0, 0.1) is 5.82 Å². The number of carbonyl (C=O) groups excluding carboxylic acids is 2. The number of hydrogen-bond acceptors (Lipinski definition) is 3. The SMILES string of the molecule is O=C1CCCCC(CNC(=O)c2cn[nH]c2-c2ccc(F)cc2)N1. The Morgan fingerprint density at radius 3 is 2.88 bits per heavy atom. The van der Waals surface area contributed by atoms with Crippen molar-refractivity contribution in [2.24, 2.45) is 0 Å². The lowest BCUT2D eigenvalue weighted by atomic mass is 10.1. The van der Waals surface area contributed by atoms with Crippen molar-refractivity contribution in [3.05, 3.63) is 41.8 Å². The highest BCUT2D eigenvalue weighted by molar-refractivity contribution is 5.99. The van der Waals surface area contributed by atoms with E-state index in [4.69, 9.17) is 0 Å².